The smallest absolute Gasteiger partial charge is 0.254 e. The Morgan fingerprint density at radius 3 is 2.40 bits per heavy atom. The fourth-order valence-corrected chi connectivity index (χ4v) is 5.27. The summed E-state index contributed by atoms with van der Waals surface area (Å²) in [7, 11) is 1.42. The van der Waals surface area contributed by atoms with Crippen molar-refractivity contribution in [1.29, 1.82) is 0 Å². The summed E-state index contributed by atoms with van der Waals surface area (Å²) in [4.78, 5) is 41.0. The van der Waals surface area contributed by atoms with Crippen LogP contribution in [0.1, 0.15) is 65.4 Å². The Kier molecular flexibility index (Phi) is 10.7. The van der Waals surface area contributed by atoms with Crippen molar-refractivity contribution >= 4 is 28.5 Å². The second kappa shape index (κ2) is 13.6. The number of aliphatic hydroxyl groups is 1. The molecular weight excluding hydrogens is 508 g/mol. The lowest BCUT2D eigenvalue weighted by Crippen LogP contribution is -2.56. The maximum atomic E-state index is 13.6. The Hall–Kier alpha value is -3.01. The van der Waals surface area contributed by atoms with E-state index in [1.54, 1.807) is 13.8 Å². The normalized spacial score (nSPS) is 19.9. The maximum absolute atomic E-state index is 13.6. The van der Waals surface area contributed by atoms with Crippen LogP contribution in [-0.2, 0) is 19.1 Å². The summed E-state index contributed by atoms with van der Waals surface area (Å²) in [5.41, 5.74) is 5.67. The van der Waals surface area contributed by atoms with Gasteiger partial charge >= 0.3 is 0 Å². The van der Waals surface area contributed by atoms with E-state index in [0.717, 1.165) is 29.3 Å². The zero-order valence-corrected chi connectivity index (χ0v) is 24.6. The topological polar surface area (TPSA) is 134 Å². The predicted octanol–water partition coefficient (Wildman–Crippen LogP) is 2.69. The van der Waals surface area contributed by atoms with E-state index < -0.39 is 41.5 Å². The molecule has 2 aromatic rings. The third-order valence-corrected chi connectivity index (χ3v) is 7.86. The third-order valence-electron chi connectivity index (χ3n) is 7.86. The van der Waals surface area contributed by atoms with Gasteiger partial charge in [-0.05, 0) is 62.4 Å². The van der Waals surface area contributed by atoms with E-state index in [2.05, 4.69) is 31.4 Å². The van der Waals surface area contributed by atoms with Gasteiger partial charge in [0.05, 0.1) is 6.10 Å². The van der Waals surface area contributed by atoms with Gasteiger partial charge in [-0.1, -0.05) is 56.3 Å². The summed E-state index contributed by atoms with van der Waals surface area (Å²) in [6.45, 7) is 10.5. The highest BCUT2D eigenvalue weighted by Crippen LogP contribution is 2.30. The molecule has 1 heterocycles. The number of fused-ring (bicyclic) bond motifs is 1. The van der Waals surface area contributed by atoms with Gasteiger partial charge in [-0.25, -0.2) is 0 Å². The van der Waals surface area contributed by atoms with Crippen LogP contribution in [0.25, 0.3) is 10.8 Å². The molecule has 0 bridgehead atoms. The van der Waals surface area contributed by atoms with Crippen LogP contribution in [-0.4, -0.2) is 77.8 Å². The Labute approximate surface area is 237 Å². The van der Waals surface area contributed by atoms with Crippen molar-refractivity contribution in [1.82, 2.24) is 15.5 Å². The molecule has 3 amide bonds. The first kappa shape index (κ1) is 31.5. The van der Waals surface area contributed by atoms with Crippen LogP contribution >= 0.6 is 0 Å². The van der Waals surface area contributed by atoms with Gasteiger partial charge in [0.15, 0.2) is 0 Å². The molecule has 40 heavy (non-hydrogen) atoms. The summed E-state index contributed by atoms with van der Waals surface area (Å²) in [5, 5.41) is 18.9. The van der Waals surface area contributed by atoms with Gasteiger partial charge in [0, 0.05) is 32.0 Å². The highest BCUT2D eigenvalue weighted by molar-refractivity contribution is 5.94. The number of primary amides is 1. The molecule has 4 unspecified atom stereocenters. The number of likely N-dealkylation sites (tertiary alicyclic amines) is 1. The number of nitrogens with zero attached hydrogens (tertiary/aromatic N) is 1. The summed E-state index contributed by atoms with van der Waals surface area (Å²) in [5.74, 6) is -1.45. The quantitative estimate of drug-likeness (QED) is 0.301. The first-order valence-corrected chi connectivity index (χ1v) is 14.2. The number of ether oxygens (including phenoxy) is 1. The van der Waals surface area contributed by atoms with Gasteiger partial charge in [-0.3, -0.25) is 14.4 Å². The Bertz CT molecular complexity index is 1180. The van der Waals surface area contributed by atoms with E-state index in [1.807, 2.05) is 42.5 Å². The third kappa shape index (κ3) is 7.80. The largest absolute Gasteiger partial charge is 0.391 e. The molecule has 0 saturated carbocycles. The summed E-state index contributed by atoms with van der Waals surface area (Å²) in [6, 6.07) is 12.3. The Morgan fingerprint density at radius 2 is 1.77 bits per heavy atom. The van der Waals surface area contributed by atoms with Crippen molar-refractivity contribution in [2.45, 2.75) is 89.6 Å². The molecule has 0 spiro atoms. The van der Waals surface area contributed by atoms with Crippen LogP contribution in [0.3, 0.4) is 0 Å². The number of hydrogen-bond acceptors (Lipinski definition) is 6. The highest BCUT2D eigenvalue weighted by Gasteiger charge is 2.45. The van der Waals surface area contributed by atoms with Crippen molar-refractivity contribution in [2.24, 2.45) is 11.7 Å². The van der Waals surface area contributed by atoms with Crippen molar-refractivity contribution in [3.63, 3.8) is 0 Å². The minimum Gasteiger partial charge on any atom is -0.391 e. The van der Waals surface area contributed by atoms with Crippen molar-refractivity contribution in [3.05, 3.63) is 48.0 Å². The number of methoxy groups -OCH3 is 1. The molecular formula is C31H46N4O5. The van der Waals surface area contributed by atoms with Crippen LogP contribution < -0.4 is 16.4 Å². The number of benzene rings is 2. The van der Waals surface area contributed by atoms with Crippen molar-refractivity contribution < 1.29 is 24.2 Å². The average Bonchev–Trinajstić information content (AvgIpc) is 3.31. The fraction of sp³-hybridized carbons (Fsp3) is 0.581. The molecule has 1 aliphatic heterocycles. The minimum absolute atomic E-state index is 0.0120. The number of nitrogens with two attached hydrogens (primary N) is 1. The van der Waals surface area contributed by atoms with Crippen LogP contribution in [0.15, 0.2) is 42.5 Å². The van der Waals surface area contributed by atoms with Gasteiger partial charge in [0.25, 0.3) is 5.91 Å². The van der Waals surface area contributed by atoms with E-state index in [-0.39, 0.29) is 24.9 Å². The average molecular weight is 555 g/mol. The van der Waals surface area contributed by atoms with E-state index in [9.17, 15) is 19.5 Å². The van der Waals surface area contributed by atoms with Gasteiger partial charge in [-0.2, -0.15) is 0 Å². The number of β-amino-alcohol motifs (C(OH)–C–C–N with tert-alkyl or cyclic N) is 1. The number of hydrogen-bond donors (Lipinski definition) is 4. The molecule has 1 fully saturated rings. The number of rotatable bonds is 13. The lowest BCUT2D eigenvalue weighted by Gasteiger charge is -2.33. The predicted molar refractivity (Wildman–Crippen MR) is 157 cm³/mol. The monoisotopic (exact) mass is 554 g/mol. The van der Waals surface area contributed by atoms with E-state index >= 15 is 0 Å². The van der Waals surface area contributed by atoms with E-state index in [0.29, 0.717) is 12.3 Å². The number of carbonyl (C=O) groups is 3. The molecule has 1 saturated heterocycles. The first-order valence-electron chi connectivity index (χ1n) is 14.2. The molecule has 5 atom stereocenters. The van der Waals surface area contributed by atoms with Gasteiger partial charge in [-0.15, -0.1) is 0 Å². The SMILES string of the molecule is COC(C)(C)C(=O)N1C[C@H](O)CC1C(=O)NC(C(N)=O)C(CCC(C)NCC(C)C)c1ccc2ccccc2c1. The molecule has 2 aromatic carbocycles. The molecule has 0 radical (unpaired) electrons. The first-order chi connectivity index (χ1) is 18.8. The second-order valence-corrected chi connectivity index (χ2v) is 12.0. The number of amides is 3. The Balaban J connectivity index is 1.90. The summed E-state index contributed by atoms with van der Waals surface area (Å²) < 4.78 is 5.33. The van der Waals surface area contributed by atoms with Gasteiger partial charge < -0.3 is 31.1 Å². The van der Waals surface area contributed by atoms with Gasteiger partial charge in [0.2, 0.25) is 11.8 Å². The molecule has 5 N–H and O–H groups in total. The van der Waals surface area contributed by atoms with Crippen LogP contribution in [0.2, 0.25) is 0 Å². The number of nitrogens with one attached hydrogen (secondary N) is 2. The lowest BCUT2D eigenvalue weighted by molar-refractivity contribution is -0.154. The van der Waals surface area contributed by atoms with Crippen molar-refractivity contribution in [3.8, 4) is 0 Å². The van der Waals surface area contributed by atoms with E-state index in [1.165, 1.54) is 12.0 Å². The second-order valence-electron chi connectivity index (χ2n) is 12.0. The van der Waals surface area contributed by atoms with Crippen molar-refractivity contribution in [2.75, 3.05) is 20.2 Å². The fourth-order valence-electron chi connectivity index (χ4n) is 5.27. The van der Waals surface area contributed by atoms with Crippen LogP contribution in [0, 0.1) is 5.92 Å². The molecule has 9 nitrogen and oxygen atoms in total. The maximum Gasteiger partial charge on any atom is 0.254 e. The molecule has 220 valence electrons. The molecule has 1 aliphatic rings. The molecule has 3 rings (SSSR count). The Morgan fingerprint density at radius 1 is 1.10 bits per heavy atom. The summed E-state index contributed by atoms with van der Waals surface area (Å²) >= 11 is 0. The molecule has 0 aromatic heterocycles. The lowest BCUT2D eigenvalue weighted by atomic mass is 9.84. The molecule has 0 aliphatic carbocycles. The molecule has 9 heteroatoms. The van der Waals surface area contributed by atoms with Crippen LogP contribution in [0.4, 0.5) is 0 Å². The standard InChI is InChI=1S/C31H46N4O5/c1-19(2)17-33-20(3)11-14-25(23-13-12-21-9-7-8-10-22(21)15-23)27(28(32)37)34-29(38)26-16-24(36)18-35(26)30(39)31(4,5)40-6/h7-10,12-13,15,19-20,24-27,33,36H,11,14,16-18H2,1-6H3,(H2,32,37)(H,34,38)/t20?,24-,25?,26?,27?/m1/s1. The highest BCUT2D eigenvalue weighted by atomic mass is 16.5. The zero-order chi connectivity index (χ0) is 29.6. The van der Waals surface area contributed by atoms with Gasteiger partial charge in [0.1, 0.15) is 17.7 Å². The van der Waals surface area contributed by atoms with Crippen LogP contribution in [0.5, 0.6) is 0 Å². The minimum atomic E-state index is -1.17. The summed E-state index contributed by atoms with van der Waals surface area (Å²) in [6.07, 6.45) is 0.576. The number of aliphatic hydroxyl groups excluding tert-OH is 1. The zero-order valence-electron chi connectivity index (χ0n) is 24.6. The van der Waals surface area contributed by atoms with E-state index in [4.69, 9.17) is 10.5 Å². The number of carbonyl (C=O) groups excluding carboxylic acids is 3.